The predicted octanol–water partition coefficient (Wildman–Crippen LogP) is 4.43. The van der Waals surface area contributed by atoms with E-state index in [2.05, 4.69) is 15.5 Å². The van der Waals surface area contributed by atoms with E-state index in [-0.39, 0.29) is 11.9 Å². The zero-order valence-electron chi connectivity index (χ0n) is 17.7. The first-order valence-corrected chi connectivity index (χ1v) is 10.6. The molecule has 0 radical (unpaired) electrons. The van der Waals surface area contributed by atoms with E-state index in [9.17, 15) is 4.79 Å². The molecular weight excluding hydrogens is 402 g/mol. The average Bonchev–Trinajstić information content (AvgIpc) is 3.46. The Morgan fingerprint density at radius 3 is 2.59 bits per heavy atom. The van der Waals surface area contributed by atoms with Crippen molar-refractivity contribution in [2.24, 2.45) is 0 Å². The summed E-state index contributed by atoms with van der Waals surface area (Å²) in [6, 6.07) is 21.2. The molecule has 0 saturated carbocycles. The molecule has 1 aliphatic rings. The Morgan fingerprint density at radius 2 is 1.81 bits per heavy atom. The third-order valence-electron chi connectivity index (χ3n) is 5.65. The van der Waals surface area contributed by atoms with Crippen molar-refractivity contribution < 1.29 is 9.32 Å². The molecule has 4 aromatic rings. The van der Waals surface area contributed by atoms with Crippen LogP contribution < -0.4 is 5.32 Å². The van der Waals surface area contributed by atoms with Gasteiger partial charge in [-0.3, -0.25) is 4.79 Å². The minimum absolute atomic E-state index is 0.0529. The summed E-state index contributed by atoms with van der Waals surface area (Å²) in [5.74, 6) is 1.28. The standard InChI is InChI=1S/C25H23N5O2/c1-17-22(23(29-32-17)18-8-4-2-5-9-18)21-12-14-26-25(28-21)27-20-13-15-30(16-20)24(31)19-10-6-3-7-11-19/h2-12,14,20H,13,15-16H2,1H3,(H,26,27,28)/t20-/m1/s1. The second-order valence-electron chi connectivity index (χ2n) is 7.84. The van der Waals surface area contributed by atoms with Crippen LogP contribution in [0.1, 0.15) is 22.5 Å². The minimum Gasteiger partial charge on any atom is -0.360 e. The molecule has 32 heavy (non-hydrogen) atoms. The summed E-state index contributed by atoms with van der Waals surface area (Å²) in [5.41, 5.74) is 4.04. The van der Waals surface area contributed by atoms with Gasteiger partial charge in [-0.05, 0) is 31.5 Å². The Bertz CT molecular complexity index is 1220. The maximum absolute atomic E-state index is 12.7. The Morgan fingerprint density at radius 1 is 1.06 bits per heavy atom. The van der Waals surface area contributed by atoms with Crippen molar-refractivity contribution in [2.45, 2.75) is 19.4 Å². The van der Waals surface area contributed by atoms with Gasteiger partial charge in [0.2, 0.25) is 5.95 Å². The average molecular weight is 425 g/mol. The SMILES string of the molecule is Cc1onc(-c2ccccc2)c1-c1ccnc(N[C@@H]2CCN(C(=O)c3ccccc3)C2)n1. The van der Waals surface area contributed by atoms with Crippen LogP contribution in [0.5, 0.6) is 0 Å². The van der Waals surface area contributed by atoms with Gasteiger partial charge < -0.3 is 14.7 Å². The van der Waals surface area contributed by atoms with Crippen molar-refractivity contribution in [3.8, 4) is 22.5 Å². The molecule has 1 aliphatic heterocycles. The Kier molecular flexibility index (Phi) is 5.37. The van der Waals surface area contributed by atoms with E-state index in [1.54, 1.807) is 6.20 Å². The maximum atomic E-state index is 12.7. The van der Waals surface area contributed by atoms with Crippen LogP contribution in [0, 0.1) is 6.92 Å². The molecule has 7 nitrogen and oxygen atoms in total. The Hall–Kier alpha value is -4.00. The number of hydrogen-bond donors (Lipinski definition) is 1. The molecule has 0 aliphatic carbocycles. The number of amides is 1. The monoisotopic (exact) mass is 425 g/mol. The lowest BCUT2D eigenvalue weighted by Crippen LogP contribution is -2.31. The number of carbonyl (C=O) groups is 1. The first-order chi connectivity index (χ1) is 15.7. The molecule has 7 heteroatoms. The zero-order valence-corrected chi connectivity index (χ0v) is 17.7. The van der Waals surface area contributed by atoms with Gasteiger partial charge in [0.15, 0.2) is 0 Å². The predicted molar refractivity (Wildman–Crippen MR) is 122 cm³/mol. The lowest BCUT2D eigenvalue weighted by atomic mass is 10.0. The summed E-state index contributed by atoms with van der Waals surface area (Å²) in [6.07, 6.45) is 2.57. The number of aromatic nitrogens is 3. The molecule has 0 bridgehead atoms. The first-order valence-electron chi connectivity index (χ1n) is 10.6. The molecule has 5 rings (SSSR count). The van der Waals surface area contributed by atoms with Crippen LogP contribution in [-0.2, 0) is 0 Å². The lowest BCUT2D eigenvalue weighted by Gasteiger charge is -2.17. The molecule has 0 spiro atoms. The molecule has 1 atom stereocenters. The van der Waals surface area contributed by atoms with Crippen LogP contribution in [0.15, 0.2) is 77.4 Å². The maximum Gasteiger partial charge on any atom is 0.253 e. The highest BCUT2D eigenvalue weighted by Gasteiger charge is 2.27. The molecule has 1 saturated heterocycles. The highest BCUT2D eigenvalue weighted by atomic mass is 16.5. The van der Waals surface area contributed by atoms with Crippen LogP contribution >= 0.6 is 0 Å². The molecule has 0 unspecified atom stereocenters. The van der Waals surface area contributed by atoms with E-state index in [0.29, 0.717) is 30.4 Å². The van der Waals surface area contributed by atoms with Crippen molar-refractivity contribution >= 4 is 11.9 Å². The number of nitrogens with zero attached hydrogens (tertiary/aromatic N) is 4. The van der Waals surface area contributed by atoms with Gasteiger partial charge in [0, 0.05) is 36.5 Å². The summed E-state index contributed by atoms with van der Waals surface area (Å²) in [4.78, 5) is 23.7. The van der Waals surface area contributed by atoms with Crippen molar-refractivity contribution in [3.63, 3.8) is 0 Å². The number of aryl methyl sites for hydroxylation is 1. The lowest BCUT2D eigenvalue weighted by molar-refractivity contribution is 0.0791. The molecule has 1 fully saturated rings. The topological polar surface area (TPSA) is 84.2 Å². The van der Waals surface area contributed by atoms with Gasteiger partial charge in [-0.1, -0.05) is 53.7 Å². The molecule has 1 amide bonds. The Balaban J connectivity index is 1.33. The third kappa shape index (κ3) is 3.97. The normalized spacial score (nSPS) is 15.7. The van der Waals surface area contributed by atoms with Crippen molar-refractivity contribution in [2.75, 3.05) is 18.4 Å². The fourth-order valence-electron chi connectivity index (χ4n) is 4.04. The van der Waals surface area contributed by atoms with E-state index >= 15 is 0 Å². The second kappa shape index (κ2) is 8.63. The van der Waals surface area contributed by atoms with Gasteiger partial charge in [-0.25, -0.2) is 9.97 Å². The van der Waals surface area contributed by atoms with E-state index in [0.717, 1.165) is 28.9 Å². The van der Waals surface area contributed by atoms with Crippen molar-refractivity contribution in [1.82, 2.24) is 20.0 Å². The molecule has 1 N–H and O–H groups in total. The summed E-state index contributed by atoms with van der Waals surface area (Å²) in [6.45, 7) is 3.20. The summed E-state index contributed by atoms with van der Waals surface area (Å²) < 4.78 is 5.49. The molecule has 3 heterocycles. The van der Waals surface area contributed by atoms with E-state index in [4.69, 9.17) is 9.51 Å². The first kappa shape index (κ1) is 19.9. The molecule has 2 aromatic heterocycles. The number of anilines is 1. The van der Waals surface area contributed by atoms with E-state index in [1.165, 1.54) is 0 Å². The van der Waals surface area contributed by atoms with Gasteiger partial charge in [-0.2, -0.15) is 0 Å². The number of rotatable bonds is 5. The van der Waals surface area contributed by atoms with Gasteiger partial charge in [0.25, 0.3) is 5.91 Å². The fraction of sp³-hybridized carbons (Fsp3) is 0.200. The third-order valence-corrected chi connectivity index (χ3v) is 5.65. The molecule has 2 aromatic carbocycles. The summed E-state index contributed by atoms with van der Waals surface area (Å²) >= 11 is 0. The molecule has 160 valence electrons. The molecular formula is C25H23N5O2. The number of benzene rings is 2. The van der Waals surface area contributed by atoms with Crippen LogP contribution in [0.2, 0.25) is 0 Å². The fourth-order valence-corrected chi connectivity index (χ4v) is 4.04. The number of nitrogens with one attached hydrogen (secondary N) is 1. The van der Waals surface area contributed by atoms with Crippen molar-refractivity contribution in [1.29, 1.82) is 0 Å². The smallest absolute Gasteiger partial charge is 0.253 e. The van der Waals surface area contributed by atoms with Crippen LogP contribution in [-0.4, -0.2) is 45.1 Å². The van der Waals surface area contributed by atoms with Crippen LogP contribution in [0.3, 0.4) is 0 Å². The summed E-state index contributed by atoms with van der Waals surface area (Å²) in [7, 11) is 0. The number of carbonyl (C=O) groups excluding carboxylic acids is 1. The van der Waals surface area contributed by atoms with E-state index in [1.807, 2.05) is 78.6 Å². The Labute approximate surface area is 186 Å². The van der Waals surface area contributed by atoms with Crippen molar-refractivity contribution in [3.05, 3.63) is 84.3 Å². The minimum atomic E-state index is 0.0529. The van der Waals surface area contributed by atoms with Crippen LogP contribution in [0.25, 0.3) is 22.5 Å². The van der Waals surface area contributed by atoms with Gasteiger partial charge in [0.1, 0.15) is 11.5 Å². The quantitative estimate of drug-likeness (QED) is 0.509. The van der Waals surface area contributed by atoms with Gasteiger partial charge in [-0.15, -0.1) is 0 Å². The number of hydrogen-bond acceptors (Lipinski definition) is 6. The summed E-state index contributed by atoms with van der Waals surface area (Å²) in [5, 5.41) is 7.64. The highest BCUT2D eigenvalue weighted by molar-refractivity contribution is 5.94. The number of likely N-dealkylation sites (tertiary alicyclic amines) is 1. The highest BCUT2D eigenvalue weighted by Crippen LogP contribution is 2.33. The van der Waals surface area contributed by atoms with Crippen LogP contribution in [0.4, 0.5) is 5.95 Å². The van der Waals surface area contributed by atoms with Gasteiger partial charge in [0.05, 0.1) is 11.3 Å². The largest absolute Gasteiger partial charge is 0.360 e. The second-order valence-corrected chi connectivity index (χ2v) is 7.84. The van der Waals surface area contributed by atoms with E-state index < -0.39 is 0 Å². The van der Waals surface area contributed by atoms with Gasteiger partial charge >= 0.3 is 0 Å². The zero-order chi connectivity index (χ0) is 21.9.